The Bertz CT molecular complexity index is 1210. The quantitative estimate of drug-likeness (QED) is 0.499. The Balaban J connectivity index is 1.92. The highest BCUT2D eigenvalue weighted by molar-refractivity contribution is 7.92. The molecule has 11 heteroatoms. The Morgan fingerprint density at radius 2 is 1.75 bits per heavy atom. The zero-order valence-corrected chi connectivity index (χ0v) is 22.4. The van der Waals surface area contributed by atoms with Crippen LogP contribution in [0.4, 0.5) is 5.69 Å². The summed E-state index contributed by atoms with van der Waals surface area (Å²) in [4.78, 5) is 27.9. The molecule has 1 aliphatic heterocycles. The molecule has 9 nitrogen and oxygen atoms in total. The molecule has 0 spiro atoms. The van der Waals surface area contributed by atoms with Gasteiger partial charge in [0.1, 0.15) is 25.8 Å². The molecule has 2 aromatic rings. The van der Waals surface area contributed by atoms with Gasteiger partial charge in [-0.15, -0.1) is 0 Å². The number of benzene rings is 2. The summed E-state index contributed by atoms with van der Waals surface area (Å²) in [6.45, 7) is 5.69. The van der Waals surface area contributed by atoms with Crippen molar-refractivity contribution < 1.29 is 27.5 Å². The number of rotatable bonds is 10. The third-order valence-electron chi connectivity index (χ3n) is 5.96. The molecule has 1 N–H and O–H groups in total. The van der Waals surface area contributed by atoms with Gasteiger partial charge in [0.25, 0.3) is 0 Å². The molecular weight excluding hydrogens is 506 g/mol. The molecule has 0 saturated carbocycles. The van der Waals surface area contributed by atoms with Crippen LogP contribution in [0.3, 0.4) is 0 Å². The van der Waals surface area contributed by atoms with Gasteiger partial charge in [-0.25, -0.2) is 8.42 Å². The van der Waals surface area contributed by atoms with Gasteiger partial charge in [-0.2, -0.15) is 0 Å². The van der Waals surface area contributed by atoms with Crippen LogP contribution in [-0.2, 0) is 26.2 Å². The Hall–Kier alpha value is -2.98. The summed E-state index contributed by atoms with van der Waals surface area (Å²) in [6, 6.07) is 10.7. The van der Waals surface area contributed by atoms with E-state index < -0.39 is 28.5 Å². The standard InChI is InChI=1S/C25H32ClN3O6S/c1-5-17(2)27-25(31)18(3)28(15-19-8-6-7-9-21(19)26)24(30)16-29(36(4,32)33)20-10-11-22-23(14-20)35-13-12-34-22/h6-11,14,17-18H,5,12-13,15-16H2,1-4H3,(H,27,31)/t17-,18+/m1/s1. The molecule has 1 aliphatic rings. The molecule has 0 fully saturated rings. The van der Waals surface area contributed by atoms with Crippen LogP contribution in [0.25, 0.3) is 0 Å². The summed E-state index contributed by atoms with van der Waals surface area (Å²) in [7, 11) is -3.86. The normalized spacial score (nSPS) is 14.5. The second-order valence-corrected chi connectivity index (χ2v) is 11.0. The van der Waals surface area contributed by atoms with Crippen LogP contribution < -0.4 is 19.1 Å². The monoisotopic (exact) mass is 537 g/mol. The van der Waals surface area contributed by atoms with Gasteiger partial charge in [0.05, 0.1) is 11.9 Å². The first-order valence-corrected chi connectivity index (χ1v) is 13.9. The lowest BCUT2D eigenvalue weighted by atomic mass is 10.1. The smallest absolute Gasteiger partial charge is 0.244 e. The molecule has 2 atom stereocenters. The number of hydrogen-bond acceptors (Lipinski definition) is 6. The summed E-state index contributed by atoms with van der Waals surface area (Å²) in [5.41, 5.74) is 0.894. The van der Waals surface area contributed by atoms with E-state index >= 15 is 0 Å². The Morgan fingerprint density at radius 1 is 1.08 bits per heavy atom. The van der Waals surface area contributed by atoms with Gasteiger partial charge in [-0.1, -0.05) is 36.7 Å². The van der Waals surface area contributed by atoms with Crippen molar-refractivity contribution in [2.24, 2.45) is 0 Å². The topological polar surface area (TPSA) is 105 Å². The summed E-state index contributed by atoms with van der Waals surface area (Å²) in [5, 5.41) is 3.33. The van der Waals surface area contributed by atoms with Gasteiger partial charge in [-0.3, -0.25) is 13.9 Å². The molecule has 3 rings (SSSR count). The van der Waals surface area contributed by atoms with Gasteiger partial charge in [-0.05, 0) is 44.0 Å². The molecule has 0 bridgehead atoms. The van der Waals surface area contributed by atoms with E-state index in [9.17, 15) is 18.0 Å². The maximum atomic E-state index is 13.6. The molecule has 2 aromatic carbocycles. The first-order valence-electron chi connectivity index (χ1n) is 11.7. The molecule has 0 aliphatic carbocycles. The third-order valence-corrected chi connectivity index (χ3v) is 7.47. The molecule has 0 aromatic heterocycles. The van der Waals surface area contributed by atoms with E-state index in [0.29, 0.717) is 35.3 Å². The molecule has 0 saturated heterocycles. The number of halogens is 1. The fourth-order valence-corrected chi connectivity index (χ4v) is 4.70. The van der Waals surface area contributed by atoms with Crippen LogP contribution in [0, 0.1) is 0 Å². The lowest BCUT2D eigenvalue weighted by molar-refractivity contribution is -0.139. The average Bonchev–Trinajstić information content (AvgIpc) is 2.85. The first kappa shape index (κ1) is 27.6. The highest BCUT2D eigenvalue weighted by Gasteiger charge is 2.31. The summed E-state index contributed by atoms with van der Waals surface area (Å²) < 4.78 is 37.6. The second-order valence-electron chi connectivity index (χ2n) is 8.70. The Morgan fingerprint density at radius 3 is 2.39 bits per heavy atom. The van der Waals surface area contributed by atoms with Crippen LogP contribution in [0.15, 0.2) is 42.5 Å². The van der Waals surface area contributed by atoms with Gasteiger partial charge < -0.3 is 19.7 Å². The molecule has 1 heterocycles. The zero-order valence-electron chi connectivity index (χ0n) is 20.9. The number of anilines is 1. The highest BCUT2D eigenvalue weighted by atomic mass is 35.5. The number of carbonyl (C=O) groups excluding carboxylic acids is 2. The van der Waals surface area contributed by atoms with Crippen molar-refractivity contribution in [3.8, 4) is 11.5 Å². The molecule has 0 unspecified atom stereocenters. The number of fused-ring (bicyclic) bond motifs is 1. The summed E-state index contributed by atoms with van der Waals surface area (Å²) in [5.74, 6) is 0.00607. The van der Waals surface area contributed by atoms with Crippen LogP contribution in [0.1, 0.15) is 32.8 Å². The number of hydrogen-bond donors (Lipinski definition) is 1. The van der Waals surface area contributed by atoms with Crippen molar-refractivity contribution in [1.82, 2.24) is 10.2 Å². The van der Waals surface area contributed by atoms with Crippen molar-refractivity contribution in [1.29, 1.82) is 0 Å². The minimum atomic E-state index is -3.86. The number of nitrogens with one attached hydrogen (secondary N) is 1. The average molecular weight is 538 g/mol. The maximum absolute atomic E-state index is 13.6. The van der Waals surface area contributed by atoms with Gasteiger partial charge in [0, 0.05) is 23.7 Å². The number of ether oxygens (including phenoxy) is 2. The second kappa shape index (κ2) is 11.8. The van der Waals surface area contributed by atoms with E-state index in [0.717, 1.165) is 17.0 Å². The minimum Gasteiger partial charge on any atom is -0.486 e. The van der Waals surface area contributed by atoms with E-state index in [1.54, 1.807) is 43.3 Å². The van der Waals surface area contributed by atoms with Gasteiger partial charge in [0.15, 0.2) is 11.5 Å². The van der Waals surface area contributed by atoms with E-state index in [4.69, 9.17) is 21.1 Å². The van der Waals surface area contributed by atoms with Crippen molar-refractivity contribution in [2.75, 3.05) is 30.3 Å². The SMILES string of the molecule is CC[C@@H](C)NC(=O)[C@H](C)N(Cc1ccccc1Cl)C(=O)CN(c1ccc2c(c1)OCCO2)S(C)(=O)=O. The van der Waals surface area contributed by atoms with Crippen LogP contribution >= 0.6 is 11.6 Å². The number of sulfonamides is 1. The van der Waals surface area contributed by atoms with Crippen LogP contribution in [0.2, 0.25) is 5.02 Å². The first-order chi connectivity index (χ1) is 17.0. The van der Waals surface area contributed by atoms with Crippen molar-refractivity contribution in [3.63, 3.8) is 0 Å². The van der Waals surface area contributed by atoms with Crippen molar-refractivity contribution >= 4 is 39.1 Å². The fraction of sp³-hybridized carbons (Fsp3) is 0.440. The lowest BCUT2D eigenvalue weighted by Crippen LogP contribution is -2.52. The molecule has 36 heavy (non-hydrogen) atoms. The van der Waals surface area contributed by atoms with Crippen molar-refractivity contribution in [3.05, 3.63) is 53.1 Å². The molecule has 2 amide bonds. The minimum absolute atomic E-state index is 0.0341. The van der Waals surface area contributed by atoms with E-state index in [-0.39, 0.29) is 24.2 Å². The predicted octanol–water partition coefficient (Wildman–Crippen LogP) is 3.21. The van der Waals surface area contributed by atoms with E-state index in [1.165, 1.54) is 11.0 Å². The van der Waals surface area contributed by atoms with Crippen LogP contribution in [-0.4, -0.2) is 63.2 Å². The van der Waals surface area contributed by atoms with Crippen molar-refractivity contribution in [2.45, 2.75) is 45.8 Å². The van der Waals surface area contributed by atoms with Crippen LogP contribution in [0.5, 0.6) is 11.5 Å². The van der Waals surface area contributed by atoms with E-state index in [1.807, 2.05) is 13.8 Å². The lowest BCUT2D eigenvalue weighted by Gasteiger charge is -2.32. The third kappa shape index (κ3) is 6.82. The maximum Gasteiger partial charge on any atom is 0.244 e. The molecule has 0 radical (unpaired) electrons. The summed E-state index contributed by atoms with van der Waals surface area (Å²) >= 11 is 6.34. The fourth-order valence-electron chi connectivity index (χ4n) is 3.66. The summed E-state index contributed by atoms with van der Waals surface area (Å²) in [6.07, 6.45) is 1.75. The Labute approximate surface area is 217 Å². The predicted molar refractivity (Wildman–Crippen MR) is 139 cm³/mol. The molecule has 196 valence electrons. The van der Waals surface area contributed by atoms with E-state index in [2.05, 4.69) is 5.32 Å². The highest BCUT2D eigenvalue weighted by Crippen LogP contribution is 2.34. The number of amides is 2. The Kier molecular flexibility index (Phi) is 9.08. The molecular formula is C25H32ClN3O6S. The van der Waals surface area contributed by atoms with Gasteiger partial charge >= 0.3 is 0 Å². The largest absolute Gasteiger partial charge is 0.486 e. The zero-order chi connectivity index (χ0) is 26.5. The number of carbonyl (C=O) groups is 2. The van der Waals surface area contributed by atoms with Gasteiger partial charge in [0.2, 0.25) is 21.8 Å². The number of nitrogens with zero attached hydrogens (tertiary/aromatic N) is 2.